The number of piperazine rings is 1. The Labute approximate surface area is 107 Å². The van der Waals surface area contributed by atoms with E-state index >= 15 is 0 Å². The third kappa shape index (κ3) is 2.81. The predicted molar refractivity (Wildman–Crippen MR) is 68.1 cm³/mol. The lowest BCUT2D eigenvalue weighted by Crippen LogP contribution is -2.62. The fourth-order valence-corrected chi connectivity index (χ4v) is 2.74. The molecule has 0 aliphatic carbocycles. The largest absolute Gasteiger partial charge is 0.358 e. The molecule has 18 heavy (non-hydrogen) atoms. The molecule has 0 aromatic rings. The Balaban J connectivity index is 2.11. The van der Waals surface area contributed by atoms with Gasteiger partial charge in [0.2, 0.25) is 11.8 Å². The molecule has 2 heterocycles. The first-order valence-electron chi connectivity index (χ1n) is 6.70. The molecule has 0 radical (unpaired) electrons. The van der Waals surface area contributed by atoms with Crippen molar-refractivity contribution in [3.63, 3.8) is 0 Å². The van der Waals surface area contributed by atoms with E-state index in [1.807, 2.05) is 0 Å². The van der Waals surface area contributed by atoms with Crippen LogP contribution in [0.1, 0.15) is 19.3 Å². The molecule has 2 atom stereocenters. The molecular weight excluding hydrogens is 232 g/mol. The van der Waals surface area contributed by atoms with Crippen LogP contribution in [-0.4, -0.2) is 62.0 Å². The summed E-state index contributed by atoms with van der Waals surface area (Å²) < 4.78 is 0. The SMILES string of the molecule is CNC(=O)C1CNCCN1C1CCCCNC1=O. The summed E-state index contributed by atoms with van der Waals surface area (Å²) in [5, 5.41) is 8.83. The molecule has 2 rings (SSSR count). The highest BCUT2D eigenvalue weighted by Gasteiger charge is 2.36. The summed E-state index contributed by atoms with van der Waals surface area (Å²) in [5.41, 5.74) is 0. The van der Waals surface area contributed by atoms with Crippen molar-refractivity contribution in [1.29, 1.82) is 0 Å². The Kier molecular flexibility index (Phi) is 4.54. The molecule has 0 saturated carbocycles. The van der Waals surface area contributed by atoms with Crippen LogP contribution < -0.4 is 16.0 Å². The Morgan fingerprint density at radius 2 is 2.22 bits per heavy atom. The smallest absolute Gasteiger partial charge is 0.238 e. The number of likely N-dealkylation sites (N-methyl/N-ethyl adjacent to an activating group) is 1. The molecule has 0 bridgehead atoms. The Morgan fingerprint density at radius 1 is 1.39 bits per heavy atom. The normalized spacial score (nSPS) is 30.4. The van der Waals surface area contributed by atoms with Crippen LogP contribution >= 0.6 is 0 Å². The standard InChI is InChI=1S/C12H22N4O2/c1-13-11(17)10-8-14-6-7-16(10)9-4-2-3-5-15-12(9)18/h9-10,14H,2-8H2,1H3,(H,13,17)(H,15,18). The van der Waals surface area contributed by atoms with E-state index in [1.54, 1.807) is 7.05 Å². The molecule has 2 unspecified atom stereocenters. The first kappa shape index (κ1) is 13.3. The summed E-state index contributed by atoms with van der Waals surface area (Å²) >= 11 is 0. The topological polar surface area (TPSA) is 73.5 Å². The molecule has 2 amide bonds. The van der Waals surface area contributed by atoms with Gasteiger partial charge in [-0.15, -0.1) is 0 Å². The average Bonchev–Trinajstić information content (AvgIpc) is 2.62. The van der Waals surface area contributed by atoms with Gasteiger partial charge in [-0.3, -0.25) is 14.5 Å². The number of carbonyl (C=O) groups is 2. The summed E-state index contributed by atoms with van der Waals surface area (Å²) in [4.78, 5) is 26.0. The van der Waals surface area contributed by atoms with Crippen LogP contribution in [0.2, 0.25) is 0 Å². The second-order valence-electron chi connectivity index (χ2n) is 4.87. The maximum atomic E-state index is 12.1. The van der Waals surface area contributed by atoms with Gasteiger partial charge in [-0.25, -0.2) is 0 Å². The summed E-state index contributed by atoms with van der Waals surface area (Å²) in [6, 6.07) is -0.394. The Bertz CT molecular complexity index is 321. The molecule has 0 aromatic carbocycles. The first-order chi connectivity index (χ1) is 8.74. The Hall–Kier alpha value is -1.14. The zero-order valence-electron chi connectivity index (χ0n) is 10.9. The van der Waals surface area contributed by atoms with Gasteiger partial charge >= 0.3 is 0 Å². The monoisotopic (exact) mass is 254 g/mol. The number of nitrogens with one attached hydrogen (secondary N) is 3. The number of nitrogens with zero attached hydrogens (tertiary/aromatic N) is 1. The zero-order valence-corrected chi connectivity index (χ0v) is 10.9. The summed E-state index contributed by atoms with van der Waals surface area (Å²) in [5.74, 6) is 0.0579. The van der Waals surface area contributed by atoms with E-state index in [9.17, 15) is 9.59 Å². The van der Waals surface area contributed by atoms with Crippen molar-refractivity contribution in [2.75, 3.05) is 33.2 Å². The van der Waals surface area contributed by atoms with Gasteiger partial charge in [0, 0.05) is 33.2 Å². The van der Waals surface area contributed by atoms with E-state index in [4.69, 9.17) is 0 Å². The van der Waals surface area contributed by atoms with Crippen LogP contribution in [0.4, 0.5) is 0 Å². The molecule has 0 aromatic heterocycles. The van der Waals surface area contributed by atoms with Crippen LogP contribution in [0.15, 0.2) is 0 Å². The number of hydrogen-bond donors (Lipinski definition) is 3. The number of rotatable bonds is 2. The molecule has 3 N–H and O–H groups in total. The van der Waals surface area contributed by atoms with Crippen LogP contribution in [0.5, 0.6) is 0 Å². The van der Waals surface area contributed by atoms with E-state index in [0.29, 0.717) is 6.54 Å². The van der Waals surface area contributed by atoms with E-state index in [-0.39, 0.29) is 23.9 Å². The molecule has 2 saturated heterocycles. The maximum Gasteiger partial charge on any atom is 0.238 e. The molecule has 2 aliphatic heterocycles. The van der Waals surface area contributed by atoms with Gasteiger partial charge in [-0.2, -0.15) is 0 Å². The van der Waals surface area contributed by atoms with Gasteiger partial charge in [0.1, 0.15) is 6.04 Å². The second-order valence-corrected chi connectivity index (χ2v) is 4.87. The average molecular weight is 254 g/mol. The lowest BCUT2D eigenvalue weighted by atomic mass is 10.0. The summed E-state index contributed by atoms with van der Waals surface area (Å²) in [6.45, 7) is 2.95. The minimum absolute atomic E-state index is 0.0146. The van der Waals surface area contributed by atoms with Crippen molar-refractivity contribution in [2.24, 2.45) is 0 Å². The number of carbonyl (C=O) groups excluding carboxylic acids is 2. The highest BCUT2D eigenvalue weighted by atomic mass is 16.2. The zero-order chi connectivity index (χ0) is 13.0. The van der Waals surface area contributed by atoms with Gasteiger partial charge in [0.15, 0.2) is 0 Å². The van der Waals surface area contributed by atoms with Crippen LogP contribution in [0.25, 0.3) is 0 Å². The van der Waals surface area contributed by atoms with Crippen molar-refractivity contribution in [2.45, 2.75) is 31.3 Å². The molecule has 2 fully saturated rings. The minimum Gasteiger partial charge on any atom is -0.358 e. The third-order valence-corrected chi connectivity index (χ3v) is 3.74. The lowest BCUT2D eigenvalue weighted by Gasteiger charge is -2.39. The summed E-state index contributed by atoms with van der Waals surface area (Å²) in [7, 11) is 1.64. The first-order valence-corrected chi connectivity index (χ1v) is 6.70. The highest BCUT2D eigenvalue weighted by molar-refractivity contribution is 5.85. The van der Waals surface area contributed by atoms with Crippen molar-refractivity contribution in [3.05, 3.63) is 0 Å². The van der Waals surface area contributed by atoms with Gasteiger partial charge in [-0.1, -0.05) is 0 Å². The van der Waals surface area contributed by atoms with Crippen LogP contribution in [0.3, 0.4) is 0 Å². The van der Waals surface area contributed by atoms with E-state index in [0.717, 1.165) is 38.9 Å². The summed E-state index contributed by atoms with van der Waals surface area (Å²) in [6.07, 6.45) is 2.91. The molecule has 0 spiro atoms. The van der Waals surface area contributed by atoms with Gasteiger partial charge in [0.05, 0.1) is 6.04 Å². The fraction of sp³-hybridized carbons (Fsp3) is 0.833. The van der Waals surface area contributed by atoms with Gasteiger partial charge in [-0.05, 0) is 19.3 Å². The fourth-order valence-electron chi connectivity index (χ4n) is 2.74. The van der Waals surface area contributed by atoms with Crippen LogP contribution in [-0.2, 0) is 9.59 Å². The van der Waals surface area contributed by atoms with E-state index in [1.165, 1.54) is 0 Å². The van der Waals surface area contributed by atoms with Crippen molar-refractivity contribution >= 4 is 11.8 Å². The van der Waals surface area contributed by atoms with E-state index in [2.05, 4.69) is 20.9 Å². The van der Waals surface area contributed by atoms with E-state index < -0.39 is 0 Å². The van der Waals surface area contributed by atoms with Gasteiger partial charge < -0.3 is 16.0 Å². The Morgan fingerprint density at radius 3 is 3.00 bits per heavy atom. The molecular formula is C12H22N4O2. The third-order valence-electron chi connectivity index (χ3n) is 3.74. The van der Waals surface area contributed by atoms with Crippen molar-refractivity contribution in [3.8, 4) is 0 Å². The quantitative estimate of drug-likeness (QED) is 0.571. The number of hydrogen-bond acceptors (Lipinski definition) is 4. The van der Waals surface area contributed by atoms with Crippen molar-refractivity contribution in [1.82, 2.24) is 20.9 Å². The number of amides is 2. The molecule has 2 aliphatic rings. The molecule has 6 nitrogen and oxygen atoms in total. The molecule has 6 heteroatoms. The highest BCUT2D eigenvalue weighted by Crippen LogP contribution is 2.16. The molecule has 102 valence electrons. The van der Waals surface area contributed by atoms with Gasteiger partial charge in [0.25, 0.3) is 0 Å². The predicted octanol–water partition coefficient (Wildman–Crippen LogP) is -1.33. The van der Waals surface area contributed by atoms with Crippen molar-refractivity contribution < 1.29 is 9.59 Å². The second kappa shape index (κ2) is 6.15. The lowest BCUT2D eigenvalue weighted by molar-refractivity contribution is -0.133. The maximum absolute atomic E-state index is 12.1. The minimum atomic E-state index is -0.238. The van der Waals surface area contributed by atoms with Crippen LogP contribution in [0, 0.1) is 0 Å².